The summed E-state index contributed by atoms with van der Waals surface area (Å²) in [5, 5.41) is 0. The summed E-state index contributed by atoms with van der Waals surface area (Å²) < 4.78 is 4.92. The van der Waals surface area contributed by atoms with Crippen LogP contribution in [0.3, 0.4) is 0 Å². The zero-order valence-electron chi connectivity index (χ0n) is 11.5. The summed E-state index contributed by atoms with van der Waals surface area (Å²) in [4.78, 5) is 10.2. The second-order valence-electron chi connectivity index (χ2n) is 5.47. The van der Waals surface area contributed by atoms with E-state index in [1.165, 1.54) is 19.3 Å². The lowest BCUT2D eigenvalue weighted by atomic mass is 9.87. The summed E-state index contributed by atoms with van der Waals surface area (Å²) in [7, 11) is 0. The van der Waals surface area contributed by atoms with E-state index in [-0.39, 0.29) is 6.10 Å². The van der Waals surface area contributed by atoms with Crippen LogP contribution in [0.1, 0.15) is 60.3 Å². The minimum atomic E-state index is 0.0586. The van der Waals surface area contributed by atoms with E-state index in [2.05, 4.69) is 27.7 Å². The minimum Gasteiger partial charge on any atom is -0.465 e. The van der Waals surface area contributed by atoms with Crippen molar-refractivity contribution >= 4 is 6.47 Å². The Morgan fingerprint density at radius 2 is 1.44 bits per heavy atom. The topological polar surface area (TPSA) is 26.3 Å². The highest BCUT2D eigenvalue weighted by Crippen LogP contribution is 2.24. The molecule has 0 saturated carbocycles. The molecule has 0 fully saturated rings. The maximum atomic E-state index is 10.2. The lowest BCUT2D eigenvalue weighted by Gasteiger charge is -2.21. The molecule has 0 radical (unpaired) electrons. The molecule has 0 aromatic rings. The Balaban J connectivity index is 3.76. The van der Waals surface area contributed by atoms with Crippen LogP contribution in [0.25, 0.3) is 0 Å². The smallest absolute Gasteiger partial charge is 0.293 e. The fourth-order valence-corrected chi connectivity index (χ4v) is 2.45. The van der Waals surface area contributed by atoms with Crippen molar-refractivity contribution in [3.05, 3.63) is 0 Å². The first kappa shape index (κ1) is 15.5. The number of hydrogen-bond acceptors (Lipinski definition) is 2. The van der Waals surface area contributed by atoms with Gasteiger partial charge in [0.15, 0.2) is 0 Å². The molecule has 0 unspecified atom stereocenters. The molecule has 0 rings (SSSR count). The number of rotatable bonds is 9. The third kappa shape index (κ3) is 7.72. The number of carbonyl (C=O) groups is 1. The summed E-state index contributed by atoms with van der Waals surface area (Å²) in [6.45, 7) is 11.7. The lowest BCUT2D eigenvalue weighted by molar-refractivity contribution is -0.133. The fourth-order valence-electron chi connectivity index (χ4n) is 2.45. The molecule has 0 aliphatic heterocycles. The van der Waals surface area contributed by atoms with Crippen LogP contribution in [0, 0.1) is 17.8 Å². The molecular formula is C14H28O2. The molecule has 16 heavy (non-hydrogen) atoms. The highest BCUT2D eigenvalue weighted by molar-refractivity contribution is 5.37. The van der Waals surface area contributed by atoms with Gasteiger partial charge in [0.2, 0.25) is 0 Å². The van der Waals surface area contributed by atoms with Gasteiger partial charge >= 0.3 is 0 Å². The molecule has 4 atom stereocenters. The first-order valence-corrected chi connectivity index (χ1v) is 6.58. The second kappa shape index (κ2) is 8.60. The Kier molecular flexibility index (Phi) is 8.32. The average Bonchev–Trinajstić information content (AvgIpc) is 2.16. The Labute approximate surface area is 101 Å². The van der Waals surface area contributed by atoms with Gasteiger partial charge in [0.25, 0.3) is 6.47 Å². The Hall–Kier alpha value is -0.530. The molecule has 0 spiro atoms. The van der Waals surface area contributed by atoms with Gasteiger partial charge in [-0.15, -0.1) is 0 Å². The van der Waals surface area contributed by atoms with Crippen LogP contribution in [0.2, 0.25) is 0 Å². The fraction of sp³-hybridized carbons (Fsp3) is 0.929. The Bertz CT molecular complexity index is 180. The Morgan fingerprint density at radius 1 is 0.938 bits per heavy atom. The van der Waals surface area contributed by atoms with E-state index in [9.17, 15) is 4.79 Å². The summed E-state index contributed by atoms with van der Waals surface area (Å²) in [6, 6.07) is 0. The monoisotopic (exact) mass is 228 g/mol. The van der Waals surface area contributed by atoms with Crippen LogP contribution in [-0.2, 0) is 9.53 Å². The van der Waals surface area contributed by atoms with Crippen LogP contribution in [-0.4, -0.2) is 12.6 Å². The van der Waals surface area contributed by atoms with Gasteiger partial charge in [-0.3, -0.25) is 4.79 Å². The van der Waals surface area contributed by atoms with Crippen molar-refractivity contribution in [2.24, 2.45) is 17.8 Å². The van der Waals surface area contributed by atoms with Gasteiger partial charge in [-0.1, -0.05) is 34.1 Å². The van der Waals surface area contributed by atoms with Crippen LogP contribution in [0.5, 0.6) is 0 Å². The maximum absolute atomic E-state index is 10.2. The van der Waals surface area contributed by atoms with Gasteiger partial charge in [0.1, 0.15) is 0 Å². The molecule has 0 bridgehead atoms. The van der Waals surface area contributed by atoms with Gasteiger partial charge in [-0.2, -0.15) is 0 Å². The highest BCUT2D eigenvalue weighted by atomic mass is 16.5. The van der Waals surface area contributed by atoms with E-state index in [0.29, 0.717) is 12.4 Å². The van der Waals surface area contributed by atoms with Gasteiger partial charge in [-0.25, -0.2) is 0 Å². The van der Waals surface area contributed by atoms with Crippen LogP contribution >= 0.6 is 0 Å². The average molecular weight is 228 g/mol. The van der Waals surface area contributed by atoms with Crippen LogP contribution in [0.15, 0.2) is 0 Å². The predicted molar refractivity (Wildman–Crippen MR) is 68.2 cm³/mol. The van der Waals surface area contributed by atoms with Crippen LogP contribution < -0.4 is 0 Å². The third-order valence-electron chi connectivity index (χ3n) is 3.33. The lowest BCUT2D eigenvalue weighted by Crippen LogP contribution is -2.14. The van der Waals surface area contributed by atoms with E-state index >= 15 is 0 Å². The summed E-state index contributed by atoms with van der Waals surface area (Å²) >= 11 is 0. The molecule has 0 aromatic carbocycles. The third-order valence-corrected chi connectivity index (χ3v) is 3.33. The molecule has 0 amide bonds. The zero-order chi connectivity index (χ0) is 12.6. The molecule has 0 heterocycles. The molecule has 0 aliphatic carbocycles. The standard InChI is InChI=1S/C14H28O2/c1-6-11(2)7-12(3)8-13(4)9-14(5)16-10-15/h10-14H,6-9H2,1-5H3/t11-,12-,13-,14-/m1/s1. The largest absolute Gasteiger partial charge is 0.465 e. The molecule has 2 nitrogen and oxygen atoms in total. The number of hydrogen-bond donors (Lipinski definition) is 0. The predicted octanol–water partition coefficient (Wildman–Crippen LogP) is 4.04. The van der Waals surface area contributed by atoms with Gasteiger partial charge < -0.3 is 4.74 Å². The van der Waals surface area contributed by atoms with Crippen LogP contribution in [0.4, 0.5) is 0 Å². The van der Waals surface area contributed by atoms with Gasteiger partial charge in [0, 0.05) is 0 Å². The minimum absolute atomic E-state index is 0.0586. The quantitative estimate of drug-likeness (QED) is 0.557. The van der Waals surface area contributed by atoms with Crippen molar-refractivity contribution in [2.45, 2.75) is 66.4 Å². The molecule has 96 valence electrons. The molecular weight excluding hydrogens is 200 g/mol. The van der Waals surface area contributed by atoms with Gasteiger partial charge in [-0.05, 0) is 43.9 Å². The van der Waals surface area contributed by atoms with Crippen molar-refractivity contribution in [1.29, 1.82) is 0 Å². The molecule has 0 aliphatic rings. The van der Waals surface area contributed by atoms with E-state index in [0.717, 1.165) is 18.3 Å². The SMILES string of the molecule is CC[C@@H](C)C[C@@H](C)C[C@@H](C)C[C@@H](C)OC=O. The number of ether oxygens (including phenoxy) is 1. The van der Waals surface area contributed by atoms with E-state index < -0.39 is 0 Å². The van der Waals surface area contributed by atoms with E-state index in [1.807, 2.05) is 6.92 Å². The highest BCUT2D eigenvalue weighted by Gasteiger charge is 2.14. The number of carbonyl (C=O) groups excluding carboxylic acids is 1. The summed E-state index contributed by atoms with van der Waals surface area (Å²) in [5.41, 5.74) is 0. The summed E-state index contributed by atoms with van der Waals surface area (Å²) in [5.74, 6) is 2.23. The first-order chi connectivity index (χ1) is 7.49. The maximum Gasteiger partial charge on any atom is 0.293 e. The van der Waals surface area contributed by atoms with Crippen molar-refractivity contribution < 1.29 is 9.53 Å². The molecule has 0 aromatic heterocycles. The van der Waals surface area contributed by atoms with E-state index in [1.54, 1.807) is 0 Å². The second-order valence-corrected chi connectivity index (χ2v) is 5.47. The molecule has 0 N–H and O–H groups in total. The first-order valence-electron chi connectivity index (χ1n) is 6.58. The van der Waals surface area contributed by atoms with Crippen molar-refractivity contribution in [1.82, 2.24) is 0 Å². The Morgan fingerprint density at radius 3 is 1.94 bits per heavy atom. The normalized spacial score (nSPS) is 18.6. The van der Waals surface area contributed by atoms with Crippen molar-refractivity contribution in [2.75, 3.05) is 0 Å². The van der Waals surface area contributed by atoms with E-state index in [4.69, 9.17) is 4.74 Å². The molecule has 2 heteroatoms. The van der Waals surface area contributed by atoms with Gasteiger partial charge in [0.05, 0.1) is 6.10 Å². The zero-order valence-corrected chi connectivity index (χ0v) is 11.5. The van der Waals surface area contributed by atoms with Crippen molar-refractivity contribution in [3.8, 4) is 0 Å². The summed E-state index contributed by atoms with van der Waals surface area (Å²) in [6.07, 6.45) is 4.84. The van der Waals surface area contributed by atoms with Crippen molar-refractivity contribution in [3.63, 3.8) is 0 Å². The molecule has 0 saturated heterocycles.